The molecule has 2 atom stereocenters. The fourth-order valence-corrected chi connectivity index (χ4v) is 4.50. The maximum absolute atomic E-state index is 13.4. The average Bonchev–Trinajstić information content (AvgIpc) is 3.28. The van der Waals surface area contributed by atoms with Gasteiger partial charge in [-0.2, -0.15) is 5.26 Å². The summed E-state index contributed by atoms with van der Waals surface area (Å²) in [5.41, 5.74) is -0.0641. The number of carbonyl (C=O) groups excluding carboxylic acids is 2. The van der Waals surface area contributed by atoms with E-state index in [0.717, 1.165) is 29.4 Å². The Labute approximate surface area is 194 Å². The predicted octanol–water partition coefficient (Wildman–Crippen LogP) is 2.32. The van der Waals surface area contributed by atoms with Crippen molar-refractivity contribution in [3.63, 3.8) is 0 Å². The normalized spacial score (nSPS) is 22.0. The summed E-state index contributed by atoms with van der Waals surface area (Å²) in [6.45, 7) is 5.78. The van der Waals surface area contributed by atoms with Gasteiger partial charge in [0.1, 0.15) is 5.54 Å². The van der Waals surface area contributed by atoms with Gasteiger partial charge in [-0.15, -0.1) is 0 Å². The van der Waals surface area contributed by atoms with E-state index in [4.69, 9.17) is 9.47 Å². The van der Waals surface area contributed by atoms with Crippen molar-refractivity contribution in [3.05, 3.63) is 48.0 Å². The fourth-order valence-electron chi connectivity index (χ4n) is 4.50. The molecule has 33 heavy (non-hydrogen) atoms. The smallest absolute Gasteiger partial charge is 0.410 e. The molecule has 1 N–H and O–H groups in total. The maximum Gasteiger partial charge on any atom is 0.410 e. The van der Waals surface area contributed by atoms with Gasteiger partial charge in [-0.25, -0.2) is 4.79 Å². The van der Waals surface area contributed by atoms with Crippen LogP contribution in [0, 0.1) is 11.3 Å². The van der Waals surface area contributed by atoms with E-state index in [1.807, 2.05) is 49.4 Å². The highest BCUT2D eigenvalue weighted by Crippen LogP contribution is 2.23. The topological polar surface area (TPSA) is 94.9 Å². The Balaban J connectivity index is 1.57. The highest BCUT2D eigenvalue weighted by Gasteiger charge is 2.41. The second kappa shape index (κ2) is 10.2. The first-order chi connectivity index (χ1) is 16.0. The fraction of sp³-hybridized carbons (Fsp3) is 0.480. The van der Waals surface area contributed by atoms with Crippen molar-refractivity contribution >= 4 is 22.8 Å². The maximum atomic E-state index is 13.4. The van der Waals surface area contributed by atoms with E-state index in [-0.39, 0.29) is 6.42 Å². The molecule has 1 unspecified atom stereocenters. The minimum Gasteiger partial charge on any atom is -0.436 e. The van der Waals surface area contributed by atoms with E-state index >= 15 is 0 Å². The number of rotatable bonds is 6. The summed E-state index contributed by atoms with van der Waals surface area (Å²) in [5, 5.41) is 14.8. The number of carbonyl (C=O) groups is 2. The monoisotopic (exact) mass is 450 g/mol. The highest BCUT2D eigenvalue weighted by molar-refractivity contribution is 5.88. The van der Waals surface area contributed by atoms with E-state index in [9.17, 15) is 14.9 Å². The Kier molecular flexibility index (Phi) is 7.11. The van der Waals surface area contributed by atoms with Crippen LogP contribution in [0.3, 0.4) is 0 Å². The summed E-state index contributed by atoms with van der Waals surface area (Å²) in [7, 11) is 0. The van der Waals surface area contributed by atoms with Crippen molar-refractivity contribution in [3.8, 4) is 6.07 Å². The lowest BCUT2D eigenvalue weighted by atomic mass is 9.97. The van der Waals surface area contributed by atoms with Crippen LogP contribution in [0.2, 0.25) is 0 Å². The first-order valence-electron chi connectivity index (χ1n) is 11.5. The van der Waals surface area contributed by atoms with Crippen LogP contribution in [0.5, 0.6) is 0 Å². The lowest BCUT2D eigenvalue weighted by Crippen LogP contribution is -2.54. The molecule has 174 valence electrons. The number of morpholine rings is 1. The molecule has 0 aliphatic carbocycles. The van der Waals surface area contributed by atoms with E-state index in [0.29, 0.717) is 39.3 Å². The van der Waals surface area contributed by atoms with Crippen LogP contribution < -0.4 is 5.32 Å². The zero-order valence-corrected chi connectivity index (χ0v) is 19.0. The average molecular weight is 451 g/mol. The molecule has 0 aromatic heterocycles. The van der Waals surface area contributed by atoms with E-state index in [1.54, 1.807) is 4.90 Å². The summed E-state index contributed by atoms with van der Waals surface area (Å²) >= 11 is 0. The van der Waals surface area contributed by atoms with Gasteiger partial charge in [0.25, 0.3) is 5.91 Å². The molecule has 2 aliphatic rings. The number of amides is 2. The first kappa shape index (κ1) is 23.0. The summed E-state index contributed by atoms with van der Waals surface area (Å²) in [6, 6.07) is 16.1. The lowest BCUT2D eigenvalue weighted by Gasteiger charge is -2.30. The van der Waals surface area contributed by atoms with Gasteiger partial charge in [-0.05, 0) is 29.3 Å². The molecular weight excluding hydrogens is 420 g/mol. The van der Waals surface area contributed by atoms with Crippen LogP contribution in [-0.4, -0.2) is 79.4 Å². The number of hydrogen-bond acceptors (Lipinski definition) is 6. The van der Waals surface area contributed by atoms with Crippen LogP contribution in [0.15, 0.2) is 42.5 Å². The van der Waals surface area contributed by atoms with Gasteiger partial charge >= 0.3 is 6.09 Å². The van der Waals surface area contributed by atoms with Gasteiger partial charge in [-0.1, -0.05) is 49.4 Å². The largest absolute Gasteiger partial charge is 0.436 e. The molecule has 2 fully saturated rings. The summed E-state index contributed by atoms with van der Waals surface area (Å²) in [5.74, 6) is -0.441. The molecule has 8 nitrogen and oxygen atoms in total. The highest BCUT2D eigenvalue weighted by atomic mass is 16.6. The number of likely N-dealkylation sites (tertiary alicyclic amines) is 1. The molecule has 0 radical (unpaired) electrons. The van der Waals surface area contributed by atoms with Gasteiger partial charge in [0.2, 0.25) is 0 Å². The van der Waals surface area contributed by atoms with Crippen molar-refractivity contribution in [2.45, 2.75) is 31.4 Å². The zero-order valence-electron chi connectivity index (χ0n) is 19.0. The van der Waals surface area contributed by atoms with Gasteiger partial charge in [0.05, 0.1) is 19.3 Å². The molecule has 8 heteroatoms. The third kappa shape index (κ3) is 5.27. The Morgan fingerprint density at radius 2 is 1.94 bits per heavy atom. The Bertz CT molecular complexity index is 1040. The lowest BCUT2D eigenvalue weighted by molar-refractivity contribution is -0.131. The first-order valence-corrected chi connectivity index (χ1v) is 11.5. The molecule has 2 aliphatic heterocycles. The molecule has 2 heterocycles. The molecule has 0 spiro atoms. The van der Waals surface area contributed by atoms with Crippen molar-refractivity contribution in [1.82, 2.24) is 15.1 Å². The molecule has 0 saturated carbocycles. The van der Waals surface area contributed by atoms with Gasteiger partial charge in [-0.3, -0.25) is 4.79 Å². The summed E-state index contributed by atoms with van der Waals surface area (Å²) in [6.07, 6.45) is -0.817. The Hall–Kier alpha value is -3.15. The predicted molar refractivity (Wildman–Crippen MR) is 124 cm³/mol. The van der Waals surface area contributed by atoms with Crippen molar-refractivity contribution in [2.75, 3.05) is 45.9 Å². The number of nitriles is 1. The number of hydrogen-bond donors (Lipinski definition) is 1. The van der Waals surface area contributed by atoms with Gasteiger partial charge < -0.3 is 24.6 Å². The van der Waals surface area contributed by atoms with Gasteiger partial charge in [0.15, 0.2) is 6.10 Å². The van der Waals surface area contributed by atoms with E-state index in [1.165, 1.54) is 0 Å². The molecule has 2 amide bonds. The number of likely N-dealkylation sites (N-methyl/N-ethyl adjacent to an activating group) is 1. The van der Waals surface area contributed by atoms with E-state index < -0.39 is 23.6 Å². The SMILES string of the molecule is CCN1CCC(C#N)(NC(=O)[C@H](Cc2cccc3ccccc23)OC(=O)N2CCOCC2)C1. The molecule has 2 aromatic carbocycles. The van der Waals surface area contributed by atoms with Crippen LogP contribution in [0.4, 0.5) is 4.79 Å². The van der Waals surface area contributed by atoms with Crippen LogP contribution in [0.25, 0.3) is 10.8 Å². The third-order valence-electron chi connectivity index (χ3n) is 6.46. The number of nitrogens with one attached hydrogen (secondary N) is 1. The van der Waals surface area contributed by atoms with E-state index in [2.05, 4.69) is 16.3 Å². The molecular formula is C25H30N4O4. The summed E-state index contributed by atoms with van der Waals surface area (Å²) < 4.78 is 11.1. The second-order valence-electron chi connectivity index (χ2n) is 8.62. The van der Waals surface area contributed by atoms with Crippen LogP contribution in [0.1, 0.15) is 18.9 Å². The molecule has 2 aromatic rings. The van der Waals surface area contributed by atoms with Crippen molar-refractivity contribution < 1.29 is 19.1 Å². The van der Waals surface area contributed by atoms with Crippen LogP contribution >= 0.6 is 0 Å². The Morgan fingerprint density at radius 3 is 2.67 bits per heavy atom. The molecule has 2 saturated heterocycles. The summed E-state index contributed by atoms with van der Waals surface area (Å²) in [4.78, 5) is 29.9. The van der Waals surface area contributed by atoms with Crippen LogP contribution in [-0.2, 0) is 20.7 Å². The molecule has 0 bridgehead atoms. The minimum absolute atomic E-state index is 0.224. The third-order valence-corrected chi connectivity index (χ3v) is 6.46. The molecule has 4 rings (SSSR count). The number of ether oxygens (including phenoxy) is 2. The second-order valence-corrected chi connectivity index (χ2v) is 8.62. The quantitative estimate of drug-likeness (QED) is 0.726. The van der Waals surface area contributed by atoms with Gasteiger partial charge in [0, 0.05) is 32.6 Å². The number of benzene rings is 2. The Morgan fingerprint density at radius 1 is 1.18 bits per heavy atom. The van der Waals surface area contributed by atoms with Crippen molar-refractivity contribution in [1.29, 1.82) is 5.26 Å². The minimum atomic E-state index is -1.05. The van der Waals surface area contributed by atoms with Crippen molar-refractivity contribution in [2.24, 2.45) is 0 Å². The zero-order chi connectivity index (χ0) is 23.3. The standard InChI is InChI=1S/C25H30N4O4/c1-2-28-11-10-25(17-26,18-28)27-23(30)22(33-24(31)29-12-14-32-15-13-29)16-20-8-5-7-19-6-3-4-9-21(19)20/h3-9,22H,2,10-16,18H2,1H3,(H,27,30)/t22-,25?/m0/s1. The number of nitrogens with zero attached hydrogens (tertiary/aromatic N) is 3. The number of fused-ring (bicyclic) bond motifs is 1.